The maximum atomic E-state index is 15.8. The molecule has 0 bridgehead atoms. The molecule has 2 aromatic rings. The number of hydrogen-bond acceptors (Lipinski definition) is 4. The Labute approximate surface area is 173 Å². The highest BCUT2D eigenvalue weighted by atomic mass is 35.5. The van der Waals surface area contributed by atoms with Crippen LogP contribution < -0.4 is 10.1 Å². The lowest BCUT2D eigenvalue weighted by Crippen LogP contribution is -2.40. The molecule has 1 unspecified atom stereocenters. The molecule has 1 fully saturated rings. The number of hydrogen-bond donors (Lipinski definition) is 1. The number of halogens is 3. The van der Waals surface area contributed by atoms with E-state index < -0.39 is 17.8 Å². The van der Waals surface area contributed by atoms with Gasteiger partial charge in [-0.1, -0.05) is 24.2 Å². The van der Waals surface area contributed by atoms with Crippen molar-refractivity contribution in [2.24, 2.45) is 4.99 Å². The van der Waals surface area contributed by atoms with Crippen LogP contribution in [0.15, 0.2) is 41.9 Å². The number of rotatable bonds is 3. The SMILES string of the molecule is C=CC1N=C(N2CCCCC2)c2cc(Cl)c(-c3c(F)cccc3OC)c(F)c2N1. The van der Waals surface area contributed by atoms with E-state index in [1.807, 2.05) is 0 Å². The largest absolute Gasteiger partial charge is 0.496 e. The van der Waals surface area contributed by atoms with Gasteiger partial charge in [-0.2, -0.15) is 0 Å². The molecule has 2 aliphatic heterocycles. The maximum absolute atomic E-state index is 15.8. The molecule has 2 aromatic carbocycles. The molecule has 0 spiro atoms. The van der Waals surface area contributed by atoms with Crippen LogP contribution >= 0.6 is 11.6 Å². The Balaban J connectivity index is 1.91. The second-order valence-electron chi connectivity index (χ2n) is 7.11. The monoisotopic (exact) mass is 417 g/mol. The van der Waals surface area contributed by atoms with Crippen molar-refractivity contribution >= 4 is 23.1 Å². The van der Waals surface area contributed by atoms with Crippen LogP contribution in [0, 0.1) is 11.6 Å². The molecule has 0 saturated carbocycles. The van der Waals surface area contributed by atoms with Gasteiger partial charge in [0.05, 0.1) is 23.4 Å². The van der Waals surface area contributed by atoms with Crippen molar-refractivity contribution in [1.82, 2.24) is 4.90 Å². The summed E-state index contributed by atoms with van der Waals surface area (Å²) in [5, 5.41) is 3.15. The fraction of sp³-hybridized carbons (Fsp3) is 0.318. The van der Waals surface area contributed by atoms with Crippen LogP contribution in [0.4, 0.5) is 14.5 Å². The number of likely N-dealkylation sites (tertiary alicyclic amines) is 1. The Morgan fingerprint density at radius 3 is 2.69 bits per heavy atom. The van der Waals surface area contributed by atoms with Gasteiger partial charge in [-0.05, 0) is 43.5 Å². The summed E-state index contributed by atoms with van der Waals surface area (Å²) in [6.07, 6.45) is 4.42. The Morgan fingerprint density at radius 1 is 1.24 bits per heavy atom. The van der Waals surface area contributed by atoms with E-state index in [0.717, 1.165) is 25.9 Å². The molecule has 4 rings (SSSR count). The van der Waals surface area contributed by atoms with Crippen molar-refractivity contribution in [2.45, 2.75) is 25.4 Å². The fourth-order valence-corrected chi connectivity index (χ4v) is 4.22. The van der Waals surface area contributed by atoms with Crippen molar-refractivity contribution in [3.8, 4) is 16.9 Å². The zero-order valence-electron chi connectivity index (χ0n) is 16.1. The van der Waals surface area contributed by atoms with E-state index in [1.165, 1.54) is 25.7 Å². The van der Waals surface area contributed by atoms with E-state index in [2.05, 4.69) is 16.8 Å². The highest BCUT2D eigenvalue weighted by Gasteiger charge is 2.31. The maximum Gasteiger partial charge on any atom is 0.156 e. The van der Waals surface area contributed by atoms with Crippen LogP contribution in [-0.2, 0) is 0 Å². The summed E-state index contributed by atoms with van der Waals surface area (Å²) < 4.78 is 35.7. The molecule has 1 saturated heterocycles. The van der Waals surface area contributed by atoms with E-state index in [1.54, 1.807) is 18.2 Å². The number of nitrogens with one attached hydrogen (secondary N) is 1. The van der Waals surface area contributed by atoms with Crippen molar-refractivity contribution in [1.29, 1.82) is 0 Å². The quantitative estimate of drug-likeness (QED) is 0.673. The standard InChI is InChI=1S/C22H22ClF2N3O/c1-3-17-26-21-13(22(27-17)28-10-5-4-6-11-28)12-14(23)18(20(21)25)19-15(24)8-7-9-16(19)29-2/h3,7-9,12,17,26H,1,4-6,10-11H2,2H3. The molecule has 0 aromatic heterocycles. The number of fused-ring (bicyclic) bond motifs is 1. The molecule has 4 nitrogen and oxygen atoms in total. The van der Waals surface area contributed by atoms with Crippen molar-refractivity contribution in [3.05, 3.63) is 59.1 Å². The van der Waals surface area contributed by atoms with Crippen LogP contribution in [0.2, 0.25) is 5.02 Å². The van der Waals surface area contributed by atoms with Gasteiger partial charge in [-0.15, -0.1) is 0 Å². The van der Waals surface area contributed by atoms with Gasteiger partial charge >= 0.3 is 0 Å². The van der Waals surface area contributed by atoms with E-state index in [4.69, 9.17) is 21.3 Å². The second kappa shape index (κ2) is 8.03. The number of methoxy groups -OCH3 is 1. The average molecular weight is 418 g/mol. The minimum absolute atomic E-state index is 0.000659. The first kappa shape index (κ1) is 19.7. The molecular weight excluding hydrogens is 396 g/mol. The number of amidine groups is 1. The Bertz CT molecular complexity index is 987. The summed E-state index contributed by atoms with van der Waals surface area (Å²) >= 11 is 6.49. The molecule has 152 valence electrons. The lowest BCUT2D eigenvalue weighted by molar-refractivity contribution is 0.341. The van der Waals surface area contributed by atoms with Crippen molar-refractivity contribution < 1.29 is 13.5 Å². The van der Waals surface area contributed by atoms with Gasteiger partial charge < -0.3 is 15.0 Å². The Hall–Kier alpha value is -2.60. The van der Waals surface area contributed by atoms with Crippen LogP contribution in [0.5, 0.6) is 5.75 Å². The van der Waals surface area contributed by atoms with E-state index in [9.17, 15) is 4.39 Å². The third-order valence-electron chi connectivity index (χ3n) is 5.34. The lowest BCUT2D eigenvalue weighted by atomic mass is 9.97. The van der Waals surface area contributed by atoms with Crippen LogP contribution in [0.3, 0.4) is 0 Å². The molecule has 29 heavy (non-hydrogen) atoms. The lowest BCUT2D eigenvalue weighted by Gasteiger charge is -2.35. The molecule has 0 radical (unpaired) electrons. The predicted octanol–water partition coefficient (Wildman–Crippen LogP) is 5.46. The van der Waals surface area contributed by atoms with E-state index in [0.29, 0.717) is 11.4 Å². The number of benzene rings is 2. The van der Waals surface area contributed by atoms with Crippen molar-refractivity contribution in [3.63, 3.8) is 0 Å². The number of aliphatic imine (C=N–C) groups is 1. The van der Waals surface area contributed by atoms with Crippen LogP contribution in [0.1, 0.15) is 24.8 Å². The summed E-state index contributed by atoms with van der Waals surface area (Å²) in [7, 11) is 1.41. The van der Waals surface area contributed by atoms with Crippen LogP contribution in [-0.4, -0.2) is 37.1 Å². The highest BCUT2D eigenvalue weighted by Crippen LogP contribution is 2.43. The number of anilines is 1. The normalized spacial score (nSPS) is 18.6. The third-order valence-corrected chi connectivity index (χ3v) is 5.63. The van der Waals surface area contributed by atoms with Gasteiger partial charge in [-0.25, -0.2) is 13.8 Å². The summed E-state index contributed by atoms with van der Waals surface area (Å²) in [5.74, 6) is -0.332. The van der Waals surface area contributed by atoms with Gasteiger partial charge in [0.25, 0.3) is 0 Å². The minimum Gasteiger partial charge on any atom is -0.496 e. The first-order chi connectivity index (χ1) is 14.0. The van der Waals surface area contributed by atoms with E-state index in [-0.39, 0.29) is 27.6 Å². The molecule has 0 amide bonds. The number of ether oxygens (including phenoxy) is 1. The molecular formula is C22H22ClF2N3O. The van der Waals surface area contributed by atoms with Crippen molar-refractivity contribution in [2.75, 3.05) is 25.5 Å². The summed E-state index contributed by atoms with van der Waals surface area (Å²) in [6.45, 7) is 5.49. The summed E-state index contributed by atoms with van der Waals surface area (Å²) in [5.41, 5.74) is 0.789. The van der Waals surface area contributed by atoms with Gasteiger partial charge in [-0.3, -0.25) is 0 Å². The molecule has 7 heteroatoms. The molecule has 2 heterocycles. The Kier molecular flexibility index (Phi) is 5.46. The first-order valence-corrected chi connectivity index (χ1v) is 10.00. The second-order valence-corrected chi connectivity index (χ2v) is 7.52. The topological polar surface area (TPSA) is 36.9 Å². The smallest absolute Gasteiger partial charge is 0.156 e. The third kappa shape index (κ3) is 3.46. The van der Waals surface area contributed by atoms with Crippen LogP contribution in [0.25, 0.3) is 11.1 Å². The minimum atomic E-state index is -0.632. The summed E-state index contributed by atoms with van der Waals surface area (Å²) in [6, 6.07) is 6.00. The predicted molar refractivity (Wildman–Crippen MR) is 113 cm³/mol. The number of nitrogens with zero attached hydrogens (tertiary/aromatic N) is 2. The zero-order chi connectivity index (χ0) is 20.5. The first-order valence-electron chi connectivity index (χ1n) is 9.62. The van der Waals surface area contributed by atoms with Gasteiger partial charge in [0, 0.05) is 24.2 Å². The zero-order valence-corrected chi connectivity index (χ0v) is 16.9. The van der Waals surface area contributed by atoms with Gasteiger partial charge in [0.1, 0.15) is 23.6 Å². The Morgan fingerprint density at radius 2 is 2.00 bits per heavy atom. The van der Waals surface area contributed by atoms with Gasteiger partial charge in [0.2, 0.25) is 0 Å². The fourth-order valence-electron chi connectivity index (χ4n) is 3.93. The van der Waals surface area contributed by atoms with E-state index >= 15 is 4.39 Å². The number of piperidine rings is 1. The van der Waals surface area contributed by atoms with Gasteiger partial charge in [0.15, 0.2) is 5.82 Å². The summed E-state index contributed by atoms with van der Waals surface area (Å²) in [4.78, 5) is 6.84. The molecule has 1 N–H and O–H groups in total. The molecule has 2 aliphatic rings. The molecule has 0 aliphatic carbocycles. The highest BCUT2D eigenvalue weighted by molar-refractivity contribution is 6.34. The average Bonchev–Trinajstić information content (AvgIpc) is 2.75. The molecule has 1 atom stereocenters.